The van der Waals surface area contributed by atoms with Crippen molar-refractivity contribution in [1.29, 1.82) is 0 Å². The number of furan rings is 1. The van der Waals surface area contributed by atoms with Crippen LogP contribution in [-0.4, -0.2) is 5.78 Å². The second-order valence-corrected chi connectivity index (χ2v) is 6.79. The van der Waals surface area contributed by atoms with Crippen molar-refractivity contribution in [3.8, 4) is 0 Å². The minimum atomic E-state index is 0.308. The maximum absolute atomic E-state index is 11.8. The molecule has 0 aromatic carbocycles. The Labute approximate surface area is 143 Å². The fourth-order valence-electron chi connectivity index (χ4n) is 3.04. The smallest absolute Gasteiger partial charge is 0.140 e. The van der Waals surface area contributed by atoms with Gasteiger partial charge in [0.25, 0.3) is 0 Å². The molecule has 1 heterocycles. The zero-order valence-corrected chi connectivity index (χ0v) is 15.2. The van der Waals surface area contributed by atoms with Crippen LogP contribution in [0.2, 0.25) is 0 Å². The molecule has 1 rings (SSSR count). The summed E-state index contributed by atoms with van der Waals surface area (Å²) in [5.41, 5.74) is 0. The van der Waals surface area contributed by atoms with Crippen molar-refractivity contribution in [2.24, 2.45) is 0 Å². The summed E-state index contributed by atoms with van der Waals surface area (Å²) in [6, 6.07) is 3.72. The van der Waals surface area contributed by atoms with E-state index in [9.17, 15) is 4.79 Å². The molecule has 0 aliphatic heterocycles. The van der Waals surface area contributed by atoms with Gasteiger partial charge >= 0.3 is 0 Å². The molecule has 0 saturated heterocycles. The monoisotopic (exact) mass is 320 g/mol. The lowest BCUT2D eigenvalue weighted by Crippen LogP contribution is -2.01. The van der Waals surface area contributed by atoms with Crippen LogP contribution < -0.4 is 0 Å². The van der Waals surface area contributed by atoms with Gasteiger partial charge in [-0.1, -0.05) is 84.0 Å². The van der Waals surface area contributed by atoms with Crippen LogP contribution in [0.3, 0.4) is 0 Å². The van der Waals surface area contributed by atoms with Gasteiger partial charge in [-0.2, -0.15) is 0 Å². The molecule has 1 aromatic heterocycles. The van der Waals surface area contributed by atoms with E-state index < -0.39 is 0 Å². The molecule has 2 heteroatoms. The second kappa shape index (κ2) is 14.5. The highest BCUT2D eigenvalue weighted by Gasteiger charge is 2.05. The Bertz CT molecular complexity index is 367. The van der Waals surface area contributed by atoms with E-state index in [0.717, 1.165) is 12.2 Å². The van der Waals surface area contributed by atoms with Gasteiger partial charge < -0.3 is 4.42 Å². The van der Waals surface area contributed by atoms with Crippen molar-refractivity contribution < 1.29 is 9.21 Å². The van der Waals surface area contributed by atoms with E-state index in [4.69, 9.17) is 4.42 Å². The molecule has 0 aliphatic carbocycles. The van der Waals surface area contributed by atoms with E-state index in [-0.39, 0.29) is 0 Å². The first-order valence-corrected chi connectivity index (χ1v) is 9.87. The Morgan fingerprint density at radius 1 is 0.826 bits per heavy atom. The number of unbranched alkanes of at least 4 members (excludes halogenated alkanes) is 12. The molecular formula is C21H36O2. The topological polar surface area (TPSA) is 30.2 Å². The molecule has 132 valence electrons. The van der Waals surface area contributed by atoms with E-state index in [0.29, 0.717) is 18.6 Å². The average molecular weight is 321 g/mol. The van der Waals surface area contributed by atoms with Gasteiger partial charge in [0.2, 0.25) is 0 Å². The minimum absolute atomic E-state index is 0.308. The van der Waals surface area contributed by atoms with Gasteiger partial charge in [-0.25, -0.2) is 0 Å². The molecule has 0 fully saturated rings. The summed E-state index contributed by atoms with van der Waals surface area (Å²) in [5, 5.41) is 0. The first kappa shape index (κ1) is 20.0. The third kappa shape index (κ3) is 12.1. The summed E-state index contributed by atoms with van der Waals surface area (Å²) in [5.74, 6) is 1.10. The molecule has 0 aliphatic rings. The Morgan fingerprint density at radius 3 is 1.83 bits per heavy atom. The van der Waals surface area contributed by atoms with Crippen LogP contribution in [0.4, 0.5) is 0 Å². The quantitative estimate of drug-likeness (QED) is 0.311. The third-order valence-electron chi connectivity index (χ3n) is 4.51. The van der Waals surface area contributed by atoms with E-state index in [1.165, 1.54) is 77.0 Å². The van der Waals surface area contributed by atoms with Crippen molar-refractivity contribution in [2.75, 3.05) is 0 Å². The molecule has 1 aromatic rings. The molecule has 0 atom stereocenters. The predicted molar refractivity (Wildman–Crippen MR) is 97.7 cm³/mol. The van der Waals surface area contributed by atoms with Crippen LogP contribution >= 0.6 is 0 Å². The highest BCUT2D eigenvalue weighted by molar-refractivity contribution is 5.80. The summed E-state index contributed by atoms with van der Waals surface area (Å²) < 4.78 is 5.20. The Balaban J connectivity index is 1.77. The summed E-state index contributed by atoms with van der Waals surface area (Å²) in [4.78, 5) is 11.8. The van der Waals surface area contributed by atoms with Gasteiger partial charge in [0.15, 0.2) is 0 Å². The number of ketones is 1. The molecule has 0 amide bonds. The molecule has 0 saturated carbocycles. The Hall–Kier alpha value is -1.05. The SMILES string of the molecule is CCCCCCCCCCCCCCCC(=O)Cc1ccco1. The zero-order valence-electron chi connectivity index (χ0n) is 15.2. The van der Waals surface area contributed by atoms with Gasteiger partial charge in [0.1, 0.15) is 11.5 Å². The van der Waals surface area contributed by atoms with Crippen molar-refractivity contribution in [2.45, 2.75) is 103 Å². The Morgan fingerprint density at radius 2 is 1.35 bits per heavy atom. The molecular weight excluding hydrogens is 284 g/mol. The first-order valence-electron chi connectivity index (χ1n) is 9.87. The fraction of sp³-hybridized carbons (Fsp3) is 0.762. The maximum atomic E-state index is 11.8. The number of Topliss-reactive ketones (excluding diaryl/α,β-unsaturated/α-hetero) is 1. The minimum Gasteiger partial charge on any atom is -0.469 e. The van der Waals surface area contributed by atoms with Gasteiger partial charge in [-0.05, 0) is 18.6 Å². The van der Waals surface area contributed by atoms with Crippen LogP contribution in [0, 0.1) is 0 Å². The molecule has 23 heavy (non-hydrogen) atoms. The number of carbonyl (C=O) groups excluding carboxylic acids is 1. The summed E-state index contributed by atoms with van der Waals surface area (Å²) in [6.07, 6.45) is 20.3. The largest absolute Gasteiger partial charge is 0.469 e. The van der Waals surface area contributed by atoms with E-state index in [1.54, 1.807) is 6.26 Å². The average Bonchev–Trinajstić information content (AvgIpc) is 3.04. The fourth-order valence-corrected chi connectivity index (χ4v) is 3.04. The standard InChI is InChI=1S/C21H36O2/c1-2-3-4-5-6-7-8-9-10-11-12-13-14-16-20(22)19-21-17-15-18-23-21/h15,17-18H,2-14,16,19H2,1H3. The van der Waals surface area contributed by atoms with Crippen molar-refractivity contribution in [3.63, 3.8) is 0 Å². The van der Waals surface area contributed by atoms with E-state index in [2.05, 4.69) is 6.92 Å². The molecule has 0 N–H and O–H groups in total. The number of carbonyl (C=O) groups is 1. The highest BCUT2D eigenvalue weighted by atomic mass is 16.3. The van der Waals surface area contributed by atoms with Gasteiger partial charge in [0, 0.05) is 6.42 Å². The first-order chi connectivity index (χ1) is 11.3. The molecule has 0 spiro atoms. The lowest BCUT2D eigenvalue weighted by molar-refractivity contribution is -0.118. The maximum Gasteiger partial charge on any atom is 0.140 e. The zero-order chi connectivity index (χ0) is 16.6. The van der Waals surface area contributed by atoms with Gasteiger partial charge in [0.05, 0.1) is 12.7 Å². The van der Waals surface area contributed by atoms with Gasteiger partial charge in [-0.3, -0.25) is 4.79 Å². The van der Waals surface area contributed by atoms with Crippen LogP contribution in [0.15, 0.2) is 22.8 Å². The second-order valence-electron chi connectivity index (χ2n) is 6.79. The highest BCUT2D eigenvalue weighted by Crippen LogP contribution is 2.13. The molecule has 2 nitrogen and oxygen atoms in total. The predicted octanol–water partition coefficient (Wildman–Crippen LogP) is 6.87. The lowest BCUT2D eigenvalue weighted by Gasteiger charge is -2.03. The number of hydrogen-bond acceptors (Lipinski definition) is 2. The Kier molecular flexibility index (Phi) is 12.6. The summed E-state index contributed by atoms with van der Waals surface area (Å²) in [6.45, 7) is 2.27. The van der Waals surface area contributed by atoms with Crippen molar-refractivity contribution >= 4 is 5.78 Å². The lowest BCUT2D eigenvalue weighted by atomic mass is 10.0. The van der Waals surface area contributed by atoms with Crippen LogP contribution in [0.1, 0.15) is 103 Å². The van der Waals surface area contributed by atoms with Crippen molar-refractivity contribution in [1.82, 2.24) is 0 Å². The van der Waals surface area contributed by atoms with Gasteiger partial charge in [-0.15, -0.1) is 0 Å². The molecule has 0 bridgehead atoms. The van der Waals surface area contributed by atoms with Crippen LogP contribution in [-0.2, 0) is 11.2 Å². The van der Waals surface area contributed by atoms with Crippen molar-refractivity contribution in [3.05, 3.63) is 24.2 Å². The third-order valence-corrected chi connectivity index (χ3v) is 4.51. The number of hydrogen-bond donors (Lipinski definition) is 0. The number of rotatable bonds is 16. The van der Waals surface area contributed by atoms with Crippen LogP contribution in [0.5, 0.6) is 0 Å². The van der Waals surface area contributed by atoms with E-state index >= 15 is 0 Å². The normalized spacial score (nSPS) is 11.0. The summed E-state index contributed by atoms with van der Waals surface area (Å²) >= 11 is 0. The van der Waals surface area contributed by atoms with E-state index in [1.807, 2.05) is 12.1 Å². The molecule has 0 radical (unpaired) electrons. The molecule has 0 unspecified atom stereocenters. The van der Waals surface area contributed by atoms with Crippen LogP contribution in [0.25, 0.3) is 0 Å². The summed E-state index contributed by atoms with van der Waals surface area (Å²) in [7, 11) is 0.